The SMILES string of the molecule is Cc1nc(NC(=O)[C@H](C)O)sc1F. The minimum Gasteiger partial charge on any atom is -0.384 e. The summed E-state index contributed by atoms with van der Waals surface area (Å²) in [6.07, 6.45) is -1.12. The molecule has 0 radical (unpaired) electrons. The molecule has 2 N–H and O–H groups in total. The fourth-order valence-electron chi connectivity index (χ4n) is 0.641. The van der Waals surface area contributed by atoms with E-state index in [9.17, 15) is 9.18 Å². The van der Waals surface area contributed by atoms with Crippen LogP contribution in [0.5, 0.6) is 0 Å². The van der Waals surface area contributed by atoms with Gasteiger partial charge in [-0.05, 0) is 13.8 Å². The molecule has 0 bridgehead atoms. The third-order valence-electron chi connectivity index (χ3n) is 1.35. The maximum Gasteiger partial charge on any atom is 0.254 e. The molecule has 1 amide bonds. The van der Waals surface area contributed by atoms with Gasteiger partial charge in [0.1, 0.15) is 6.10 Å². The van der Waals surface area contributed by atoms with E-state index in [-0.39, 0.29) is 10.8 Å². The molecule has 0 saturated carbocycles. The molecule has 1 heterocycles. The van der Waals surface area contributed by atoms with Crippen molar-refractivity contribution in [2.75, 3.05) is 5.32 Å². The van der Waals surface area contributed by atoms with Crippen LogP contribution in [0.3, 0.4) is 0 Å². The number of aliphatic hydroxyl groups excluding tert-OH is 1. The third-order valence-corrected chi connectivity index (χ3v) is 2.21. The van der Waals surface area contributed by atoms with Crippen LogP contribution in [0.1, 0.15) is 12.6 Å². The van der Waals surface area contributed by atoms with Crippen LogP contribution in [-0.2, 0) is 4.79 Å². The number of carbonyl (C=O) groups is 1. The molecule has 0 aliphatic rings. The van der Waals surface area contributed by atoms with Crippen LogP contribution in [0.4, 0.5) is 9.52 Å². The number of hydrogen-bond acceptors (Lipinski definition) is 4. The van der Waals surface area contributed by atoms with Crippen molar-refractivity contribution >= 4 is 22.4 Å². The second-order valence-corrected chi connectivity index (χ2v) is 3.49. The highest BCUT2D eigenvalue weighted by atomic mass is 32.1. The Morgan fingerprint density at radius 3 is 2.77 bits per heavy atom. The van der Waals surface area contributed by atoms with Gasteiger partial charge in [0.25, 0.3) is 5.91 Å². The monoisotopic (exact) mass is 204 g/mol. The van der Waals surface area contributed by atoms with Gasteiger partial charge in [-0.2, -0.15) is 4.39 Å². The van der Waals surface area contributed by atoms with E-state index in [0.717, 1.165) is 11.3 Å². The Hall–Kier alpha value is -1.01. The van der Waals surface area contributed by atoms with Crippen molar-refractivity contribution in [2.24, 2.45) is 0 Å². The Kier molecular flexibility index (Phi) is 2.94. The number of thiazole rings is 1. The van der Waals surface area contributed by atoms with Gasteiger partial charge in [-0.25, -0.2) is 4.98 Å². The number of carbonyl (C=O) groups excluding carboxylic acids is 1. The van der Waals surface area contributed by atoms with E-state index in [0.29, 0.717) is 0 Å². The Bertz CT molecular complexity index is 305. The zero-order chi connectivity index (χ0) is 10.0. The Morgan fingerprint density at radius 1 is 1.77 bits per heavy atom. The van der Waals surface area contributed by atoms with E-state index in [1.54, 1.807) is 0 Å². The van der Waals surface area contributed by atoms with Gasteiger partial charge < -0.3 is 5.11 Å². The molecule has 1 aromatic heterocycles. The standard InChI is InChI=1S/C7H9FN2O2S/c1-3-5(8)13-7(9-3)10-6(12)4(2)11/h4,11H,1-2H3,(H,9,10,12)/t4-/m0/s1. The predicted molar refractivity (Wildman–Crippen MR) is 47.1 cm³/mol. The van der Waals surface area contributed by atoms with Crippen LogP contribution in [0.2, 0.25) is 0 Å². The largest absolute Gasteiger partial charge is 0.384 e. The summed E-state index contributed by atoms with van der Waals surface area (Å²) in [5, 5.41) is 10.8. The topological polar surface area (TPSA) is 62.2 Å². The van der Waals surface area contributed by atoms with E-state index >= 15 is 0 Å². The molecule has 0 aliphatic heterocycles. The zero-order valence-electron chi connectivity index (χ0n) is 7.17. The lowest BCUT2D eigenvalue weighted by atomic mass is 10.4. The minimum atomic E-state index is -1.12. The summed E-state index contributed by atoms with van der Waals surface area (Å²) in [5.41, 5.74) is 0.242. The number of nitrogens with zero attached hydrogens (tertiary/aromatic N) is 1. The summed E-state index contributed by atoms with van der Waals surface area (Å²) < 4.78 is 12.7. The lowest BCUT2D eigenvalue weighted by Crippen LogP contribution is -2.24. The summed E-state index contributed by atoms with van der Waals surface area (Å²) >= 11 is 0.739. The van der Waals surface area contributed by atoms with Gasteiger partial charge in [0.2, 0.25) is 5.13 Å². The summed E-state index contributed by atoms with van der Waals surface area (Å²) in [5.74, 6) is -0.589. The number of halogens is 1. The summed E-state index contributed by atoms with van der Waals surface area (Å²) in [6, 6.07) is 0. The van der Waals surface area contributed by atoms with Crippen molar-refractivity contribution in [3.63, 3.8) is 0 Å². The van der Waals surface area contributed by atoms with Gasteiger partial charge in [0, 0.05) is 0 Å². The molecule has 72 valence electrons. The number of amides is 1. The van der Waals surface area contributed by atoms with Crippen LogP contribution >= 0.6 is 11.3 Å². The van der Waals surface area contributed by atoms with Crippen molar-refractivity contribution < 1.29 is 14.3 Å². The summed E-state index contributed by atoms with van der Waals surface area (Å²) in [7, 11) is 0. The first-order valence-corrected chi connectivity index (χ1v) is 4.44. The maximum atomic E-state index is 12.7. The average Bonchev–Trinajstić information content (AvgIpc) is 2.31. The highest BCUT2D eigenvalue weighted by Gasteiger charge is 2.12. The molecule has 4 nitrogen and oxygen atoms in total. The van der Waals surface area contributed by atoms with Crippen molar-refractivity contribution in [1.82, 2.24) is 4.98 Å². The molecule has 0 unspecified atom stereocenters. The fraction of sp³-hybridized carbons (Fsp3) is 0.429. The van der Waals surface area contributed by atoms with Crippen molar-refractivity contribution in [1.29, 1.82) is 0 Å². The number of anilines is 1. The number of aliphatic hydroxyl groups is 1. The Labute approximate surface area is 78.4 Å². The van der Waals surface area contributed by atoms with Gasteiger partial charge in [-0.15, -0.1) is 0 Å². The minimum absolute atomic E-state index is 0.168. The normalized spacial score (nSPS) is 12.6. The number of hydrogen-bond donors (Lipinski definition) is 2. The van der Waals surface area contributed by atoms with E-state index in [2.05, 4.69) is 10.3 Å². The lowest BCUT2D eigenvalue weighted by Gasteiger charge is -2.02. The summed E-state index contributed by atoms with van der Waals surface area (Å²) in [4.78, 5) is 14.6. The molecular formula is C7H9FN2O2S. The van der Waals surface area contributed by atoms with Crippen molar-refractivity contribution in [3.05, 3.63) is 10.8 Å². The molecule has 1 atom stereocenters. The van der Waals surface area contributed by atoms with Crippen LogP contribution in [0.15, 0.2) is 0 Å². The number of aryl methyl sites for hydroxylation is 1. The smallest absolute Gasteiger partial charge is 0.254 e. The van der Waals surface area contributed by atoms with Crippen LogP contribution < -0.4 is 5.32 Å². The van der Waals surface area contributed by atoms with E-state index in [1.807, 2.05) is 0 Å². The number of nitrogens with one attached hydrogen (secondary N) is 1. The zero-order valence-corrected chi connectivity index (χ0v) is 7.98. The van der Waals surface area contributed by atoms with Crippen molar-refractivity contribution in [2.45, 2.75) is 20.0 Å². The summed E-state index contributed by atoms with van der Waals surface area (Å²) in [6.45, 7) is 2.83. The van der Waals surface area contributed by atoms with Crippen LogP contribution in [-0.4, -0.2) is 22.1 Å². The van der Waals surface area contributed by atoms with Gasteiger partial charge >= 0.3 is 0 Å². The van der Waals surface area contributed by atoms with Gasteiger partial charge in [0.05, 0.1) is 5.69 Å². The second kappa shape index (κ2) is 3.80. The first-order valence-electron chi connectivity index (χ1n) is 3.62. The Balaban J connectivity index is 2.70. The molecule has 0 saturated heterocycles. The fourth-order valence-corrected chi connectivity index (χ4v) is 1.34. The van der Waals surface area contributed by atoms with Gasteiger partial charge in [-0.1, -0.05) is 11.3 Å². The van der Waals surface area contributed by atoms with Crippen molar-refractivity contribution in [3.8, 4) is 0 Å². The predicted octanol–water partition coefficient (Wildman–Crippen LogP) is 0.910. The van der Waals surface area contributed by atoms with Crippen LogP contribution in [0, 0.1) is 12.1 Å². The molecule has 6 heteroatoms. The first kappa shape index (κ1) is 10.1. The van der Waals surface area contributed by atoms with Crippen LogP contribution in [0.25, 0.3) is 0 Å². The molecule has 0 aromatic carbocycles. The molecule has 1 aromatic rings. The second-order valence-electron chi connectivity index (χ2n) is 2.54. The number of rotatable bonds is 2. The average molecular weight is 204 g/mol. The van der Waals surface area contributed by atoms with Gasteiger partial charge in [0.15, 0.2) is 5.13 Å². The highest BCUT2D eigenvalue weighted by Crippen LogP contribution is 2.20. The molecule has 0 fully saturated rings. The van der Waals surface area contributed by atoms with E-state index in [1.165, 1.54) is 13.8 Å². The first-order chi connectivity index (χ1) is 6.00. The number of aromatic nitrogens is 1. The Morgan fingerprint density at radius 2 is 2.38 bits per heavy atom. The van der Waals surface area contributed by atoms with Gasteiger partial charge in [-0.3, -0.25) is 10.1 Å². The lowest BCUT2D eigenvalue weighted by molar-refractivity contribution is -0.123. The quantitative estimate of drug-likeness (QED) is 0.752. The molecule has 0 spiro atoms. The highest BCUT2D eigenvalue weighted by molar-refractivity contribution is 7.14. The molecule has 13 heavy (non-hydrogen) atoms. The third kappa shape index (κ3) is 2.46. The molecular weight excluding hydrogens is 195 g/mol. The molecule has 1 rings (SSSR count). The van der Waals surface area contributed by atoms with E-state index < -0.39 is 17.1 Å². The van der Waals surface area contributed by atoms with E-state index in [4.69, 9.17) is 5.11 Å². The maximum absolute atomic E-state index is 12.7. The molecule has 0 aliphatic carbocycles.